The number of likely N-dealkylation sites (N-methyl/N-ethyl adjacent to an activating group) is 1. The second-order valence-electron chi connectivity index (χ2n) is 11.7. The van der Waals surface area contributed by atoms with Crippen LogP contribution < -0.4 is 0 Å². The van der Waals surface area contributed by atoms with E-state index in [4.69, 9.17) is 28.0 Å². The first kappa shape index (κ1) is 34.4. The third-order valence-electron chi connectivity index (χ3n) is 9.36. The van der Waals surface area contributed by atoms with Gasteiger partial charge < -0.3 is 0 Å². The summed E-state index contributed by atoms with van der Waals surface area (Å²) in [7, 11) is 3.20. The van der Waals surface area contributed by atoms with Crippen molar-refractivity contribution in [3.05, 3.63) is 106 Å². The van der Waals surface area contributed by atoms with Gasteiger partial charge in [-0.1, -0.05) is 96.4 Å². The zero-order valence-corrected chi connectivity index (χ0v) is 27.8. The van der Waals surface area contributed by atoms with Gasteiger partial charge in [-0.2, -0.15) is 0 Å². The molecule has 0 aliphatic carbocycles. The Morgan fingerprint density at radius 3 is 2.05 bits per heavy atom. The molecule has 0 aromatic heterocycles. The van der Waals surface area contributed by atoms with Crippen molar-refractivity contribution in [2.75, 3.05) is 40.3 Å². The average Bonchev–Trinajstić information content (AvgIpc) is 3.07. The normalized spacial score (nSPS) is 18.5. The number of rotatable bonds is 10. The van der Waals surface area contributed by atoms with Crippen LogP contribution in [0.4, 0.5) is 0 Å². The van der Waals surface area contributed by atoms with E-state index in [1.54, 1.807) is 7.05 Å². The Morgan fingerprint density at radius 1 is 0.841 bits per heavy atom. The predicted molar refractivity (Wildman–Crippen MR) is 180 cm³/mol. The number of halogens is 3. The topological polar surface area (TPSA) is 53.1 Å². The fraction of sp³-hybridized carbons (Fsp3) is 0.429. The lowest BCUT2D eigenvalue weighted by Crippen LogP contribution is -2.53. The van der Waals surface area contributed by atoms with E-state index in [0.29, 0.717) is 42.4 Å². The molecule has 0 bridgehead atoms. The summed E-state index contributed by atoms with van der Waals surface area (Å²) in [5, 5.41) is 2.36. The van der Waals surface area contributed by atoms with Crippen molar-refractivity contribution in [3.8, 4) is 0 Å². The molecule has 2 saturated heterocycles. The molecule has 0 radical (unpaired) electrons. The highest BCUT2D eigenvalue weighted by atomic mass is 35.5. The summed E-state index contributed by atoms with van der Waals surface area (Å²) in [6.07, 6.45) is 5.25. The maximum absolute atomic E-state index is 14.1. The van der Waals surface area contributed by atoms with Crippen LogP contribution >= 0.6 is 35.6 Å². The number of carbonyl (C=O) groups is 2. The first-order valence-corrected chi connectivity index (χ1v) is 16.0. The number of ketones is 1. The van der Waals surface area contributed by atoms with Gasteiger partial charge in [0.15, 0.2) is 5.78 Å². The molecule has 2 unspecified atom stereocenters. The lowest BCUT2D eigenvalue weighted by atomic mass is 9.71. The van der Waals surface area contributed by atoms with E-state index < -0.39 is 5.41 Å². The molecular formula is C35H42Cl3N3O3. The lowest BCUT2D eigenvalue weighted by molar-refractivity contribution is -0.177. The van der Waals surface area contributed by atoms with Crippen molar-refractivity contribution >= 4 is 47.3 Å². The zero-order chi connectivity index (χ0) is 30.4. The standard InChI is InChI=1S/C35H41Cl2N3O3.ClH/c1-38(43-2)34(42)35(28-14-8-4-9-15-28)18-22-40(23-19-35)31(27-16-17-29(36)30(37)24-27)25-32(39-20-10-5-11-21-39)33(41)26-12-6-3-7-13-26;/h3-4,6-9,12-17,24,31-32H,5,10-11,18-23,25H2,1-2H3;1H. The Balaban J connectivity index is 0.00000442. The minimum Gasteiger partial charge on any atom is -0.296 e. The molecule has 0 saturated carbocycles. The molecule has 6 nitrogen and oxygen atoms in total. The average molecular weight is 659 g/mol. The van der Waals surface area contributed by atoms with Crippen LogP contribution in [0.2, 0.25) is 10.0 Å². The molecule has 3 aromatic rings. The van der Waals surface area contributed by atoms with Crippen molar-refractivity contribution in [1.82, 2.24) is 14.9 Å². The number of carbonyl (C=O) groups excluding carboxylic acids is 2. The molecule has 9 heteroatoms. The van der Waals surface area contributed by atoms with Gasteiger partial charge in [-0.25, -0.2) is 5.06 Å². The molecule has 2 aliphatic heterocycles. The largest absolute Gasteiger partial charge is 0.296 e. The van der Waals surface area contributed by atoms with E-state index >= 15 is 0 Å². The van der Waals surface area contributed by atoms with Crippen LogP contribution in [0.15, 0.2) is 78.9 Å². The van der Waals surface area contributed by atoms with Gasteiger partial charge in [0.2, 0.25) is 0 Å². The second kappa shape index (κ2) is 15.7. The molecule has 2 heterocycles. The number of Topliss-reactive ketones (excluding diaryl/α,β-unsaturated/α-hetero) is 1. The summed E-state index contributed by atoms with van der Waals surface area (Å²) in [5.41, 5.74) is 2.07. The maximum atomic E-state index is 14.1. The number of amides is 1. The molecule has 5 rings (SSSR count). The Hall–Kier alpha value is -2.45. The van der Waals surface area contributed by atoms with Crippen molar-refractivity contribution in [2.24, 2.45) is 0 Å². The SMILES string of the molecule is CON(C)C(=O)C1(c2ccccc2)CCN(C(CC(C(=O)c2ccccc2)N2CCCCC2)c2ccc(Cl)c(Cl)c2)CC1.Cl. The number of likely N-dealkylation sites (tertiary alicyclic amines) is 2. The molecule has 3 aromatic carbocycles. The van der Waals surface area contributed by atoms with E-state index in [2.05, 4.69) is 9.80 Å². The Labute approximate surface area is 277 Å². The van der Waals surface area contributed by atoms with Crippen molar-refractivity contribution in [2.45, 2.75) is 56.0 Å². The van der Waals surface area contributed by atoms with Gasteiger partial charge in [0.05, 0.1) is 28.6 Å². The van der Waals surface area contributed by atoms with Crippen molar-refractivity contribution in [3.63, 3.8) is 0 Å². The minimum absolute atomic E-state index is 0. The van der Waals surface area contributed by atoms with Gasteiger partial charge in [-0.05, 0) is 68.5 Å². The Morgan fingerprint density at radius 2 is 1.45 bits per heavy atom. The van der Waals surface area contributed by atoms with Crippen LogP contribution in [0.1, 0.15) is 66.1 Å². The molecule has 44 heavy (non-hydrogen) atoms. The quantitative estimate of drug-likeness (QED) is 0.166. The highest BCUT2D eigenvalue weighted by molar-refractivity contribution is 6.42. The van der Waals surface area contributed by atoms with E-state index in [0.717, 1.165) is 42.6 Å². The summed E-state index contributed by atoms with van der Waals surface area (Å²) in [6.45, 7) is 3.17. The van der Waals surface area contributed by atoms with Crippen LogP contribution in [0.3, 0.4) is 0 Å². The van der Waals surface area contributed by atoms with Gasteiger partial charge in [0.1, 0.15) is 0 Å². The first-order valence-electron chi connectivity index (χ1n) is 15.2. The summed E-state index contributed by atoms with van der Waals surface area (Å²) in [4.78, 5) is 38.1. The molecule has 0 N–H and O–H groups in total. The molecule has 2 fully saturated rings. The summed E-state index contributed by atoms with van der Waals surface area (Å²) in [6, 6.07) is 25.1. The zero-order valence-electron chi connectivity index (χ0n) is 25.5. The highest BCUT2D eigenvalue weighted by Crippen LogP contribution is 2.42. The van der Waals surface area contributed by atoms with E-state index in [-0.39, 0.29) is 36.2 Å². The fourth-order valence-electron chi connectivity index (χ4n) is 6.86. The van der Waals surface area contributed by atoms with Crippen molar-refractivity contribution in [1.29, 1.82) is 0 Å². The third kappa shape index (κ3) is 7.50. The molecule has 1 amide bonds. The van der Waals surface area contributed by atoms with E-state index in [1.807, 2.05) is 78.9 Å². The number of hydrogen-bond acceptors (Lipinski definition) is 5. The van der Waals surface area contributed by atoms with Crippen LogP contribution in [0, 0.1) is 0 Å². The third-order valence-corrected chi connectivity index (χ3v) is 10.1. The number of nitrogens with zero attached hydrogens (tertiary/aromatic N) is 3. The molecule has 0 spiro atoms. The molecule has 2 aliphatic rings. The predicted octanol–water partition coefficient (Wildman–Crippen LogP) is 7.64. The van der Waals surface area contributed by atoms with Crippen LogP contribution in [0.25, 0.3) is 0 Å². The summed E-state index contributed by atoms with van der Waals surface area (Å²) >= 11 is 12.9. The number of piperidine rings is 2. The van der Waals surface area contributed by atoms with Crippen LogP contribution in [0.5, 0.6) is 0 Å². The lowest BCUT2D eigenvalue weighted by Gasteiger charge is -2.46. The first-order chi connectivity index (χ1) is 20.8. The second-order valence-corrected chi connectivity index (χ2v) is 12.6. The van der Waals surface area contributed by atoms with Crippen LogP contribution in [-0.2, 0) is 15.0 Å². The minimum atomic E-state index is -0.698. The molecule has 2 atom stereocenters. The smallest absolute Gasteiger partial charge is 0.256 e. The maximum Gasteiger partial charge on any atom is 0.256 e. The summed E-state index contributed by atoms with van der Waals surface area (Å²) in [5.74, 6) is 0.109. The van der Waals surface area contributed by atoms with Crippen molar-refractivity contribution < 1.29 is 14.4 Å². The van der Waals surface area contributed by atoms with Gasteiger partial charge in [0, 0.05) is 31.7 Å². The monoisotopic (exact) mass is 657 g/mol. The Kier molecular flexibility index (Phi) is 12.3. The number of benzene rings is 3. The van der Waals surface area contributed by atoms with Gasteiger partial charge in [0.25, 0.3) is 5.91 Å². The highest BCUT2D eigenvalue weighted by Gasteiger charge is 2.46. The summed E-state index contributed by atoms with van der Waals surface area (Å²) < 4.78 is 0. The molecular weight excluding hydrogens is 617 g/mol. The fourth-order valence-corrected chi connectivity index (χ4v) is 7.17. The van der Waals surface area contributed by atoms with E-state index in [1.165, 1.54) is 18.6 Å². The van der Waals surface area contributed by atoms with Gasteiger partial charge in [-0.15, -0.1) is 12.4 Å². The van der Waals surface area contributed by atoms with Gasteiger partial charge in [-0.3, -0.25) is 24.2 Å². The van der Waals surface area contributed by atoms with Crippen LogP contribution in [-0.4, -0.2) is 72.9 Å². The van der Waals surface area contributed by atoms with Gasteiger partial charge >= 0.3 is 0 Å². The molecule has 236 valence electrons. The Bertz CT molecular complexity index is 1380. The van der Waals surface area contributed by atoms with E-state index in [9.17, 15) is 9.59 Å². The number of hydrogen-bond donors (Lipinski definition) is 0. The number of hydroxylamine groups is 2.